The SMILES string of the molecule is CC(C)(C)OC(=O)/C=C/c1c2c(cc3c1C[Si](C)(C)CO3)OC[Si](C)(C)C2. The number of hydrogen-bond donors (Lipinski definition) is 0. The highest BCUT2D eigenvalue weighted by Crippen LogP contribution is 2.42. The van der Waals surface area contributed by atoms with Gasteiger partial charge in [-0.2, -0.15) is 0 Å². The van der Waals surface area contributed by atoms with Crippen molar-refractivity contribution in [3.8, 4) is 11.5 Å². The Morgan fingerprint density at radius 1 is 1.00 bits per heavy atom. The third-order valence-corrected chi connectivity index (χ3v) is 9.32. The summed E-state index contributed by atoms with van der Waals surface area (Å²) in [5.41, 5.74) is 3.11. The first-order valence-corrected chi connectivity index (χ1v) is 16.5. The Hall–Kier alpha value is -1.54. The second kappa shape index (κ2) is 6.81. The lowest BCUT2D eigenvalue weighted by atomic mass is 9.99. The van der Waals surface area contributed by atoms with Gasteiger partial charge in [0.15, 0.2) is 0 Å². The van der Waals surface area contributed by atoms with Crippen molar-refractivity contribution >= 4 is 28.2 Å². The average molecular weight is 405 g/mol. The molecular weight excluding hydrogens is 372 g/mol. The third kappa shape index (κ3) is 4.85. The molecule has 27 heavy (non-hydrogen) atoms. The molecule has 0 unspecified atom stereocenters. The summed E-state index contributed by atoms with van der Waals surface area (Å²) in [7, 11) is -2.90. The zero-order valence-electron chi connectivity index (χ0n) is 17.7. The van der Waals surface area contributed by atoms with Gasteiger partial charge in [-0.1, -0.05) is 26.2 Å². The molecule has 0 spiro atoms. The van der Waals surface area contributed by atoms with Crippen LogP contribution in [0.15, 0.2) is 12.1 Å². The van der Waals surface area contributed by atoms with Crippen LogP contribution < -0.4 is 9.47 Å². The van der Waals surface area contributed by atoms with Crippen LogP contribution in [-0.2, 0) is 21.6 Å². The van der Waals surface area contributed by atoms with E-state index >= 15 is 0 Å². The largest absolute Gasteiger partial charge is 0.497 e. The molecule has 3 rings (SSSR count). The molecule has 0 saturated carbocycles. The van der Waals surface area contributed by atoms with Crippen molar-refractivity contribution in [2.24, 2.45) is 0 Å². The molecule has 0 bridgehead atoms. The van der Waals surface area contributed by atoms with Gasteiger partial charge in [-0.05, 0) is 55.6 Å². The maximum Gasteiger partial charge on any atom is 0.331 e. The summed E-state index contributed by atoms with van der Waals surface area (Å²) in [5.74, 6) is 1.53. The number of carbonyl (C=O) groups is 1. The van der Waals surface area contributed by atoms with Crippen LogP contribution in [0, 0.1) is 0 Å². The fraction of sp³-hybridized carbons (Fsp3) is 0.571. The summed E-state index contributed by atoms with van der Waals surface area (Å²) in [5, 5.41) is 0. The quantitative estimate of drug-likeness (QED) is 0.414. The van der Waals surface area contributed by atoms with E-state index in [-0.39, 0.29) is 5.97 Å². The zero-order chi connectivity index (χ0) is 20.0. The van der Waals surface area contributed by atoms with Crippen molar-refractivity contribution in [2.75, 3.05) is 12.5 Å². The predicted octanol–water partition coefficient (Wildman–Crippen LogP) is 4.48. The minimum absolute atomic E-state index is 0.310. The summed E-state index contributed by atoms with van der Waals surface area (Å²) in [6, 6.07) is 4.19. The van der Waals surface area contributed by atoms with Crippen molar-refractivity contribution < 1.29 is 19.0 Å². The van der Waals surface area contributed by atoms with Gasteiger partial charge < -0.3 is 14.2 Å². The van der Waals surface area contributed by atoms with Crippen molar-refractivity contribution in [1.82, 2.24) is 0 Å². The highest BCUT2D eigenvalue weighted by molar-refractivity contribution is 6.77. The summed E-state index contributed by atoms with van der Waals surface area (Å²) in [6.07, 6.45) is 5.15. The molecule has 1 aromatic rings. The van der Waals surface area contributed by atoms with E-state index in [1.165, 1.54) is 11.1 Å². The molecule has 1 aromatic carbocycles. The fourth-order valence-electron chi connectivity index (χ4n) is 3.66. The van der Waals surface area contributed by atoms with Gasteiger partial charge in [0.05, 0.1) is 28.6 Å². The molecule has 0 aliphatic carbocycles. The normalized spacial score (nSPS) is 20.3. The number of benzene rings is 1. The highest BCUT2D eigenvalue weighted by atomic mass is 28.3. The van der Waals surface area contributed by atoms with Crippen molar-refractivity contribution in [3.63, 3.8) is 0 Å². The number of esters is 1. The molecule has 4 nitrogen and oxygen atoms in total. The van der Waals surface area contributed by atoms with Gasteiger partial charge in [-0.3, -0.25) is 0 Å². The first kappa shape index (κ1) is 20.2. The number of hydrogen-bond acceptors (Lipinski definition) is 4. The molecule has 0 amide bonds. The summed E-state index contributed by atoms with van der Waals surface area (Å²) in [4.78, 5) is 12.3. The minimum atomic E-state index is -1.45. The van der Waals surface area contributed by atoms with Crippen LogP contribution in [0.2, 0.25) is 26.2 Å². The van der Waals surface area contributed by atoms with E-state index in [0.29, 0.717) is 0 Å². The van der Waals surface area contributed by atoms with Crippen molar-refractivity contribution in [2.45, 2.75) is 64.6 Å². The molecule has 0 radical (unpaired) electrons. The van der Waals surface area contributed by atoms with Crippen LogP contribution in [0.5, 0.6) is 11.5 Å². The molecule has 2 aliphatic rings. The molecule has 6 heteroatoms. The zero-order valence-corrected chi connectivity index (χ0v) is 19.7. The molecule has 0 saturated heterocycles. The van der Waals surface area contributed by atoms with Gasteiger partial charge in [-0.15, -0.1) is 0 Å². The first-order valence-electron chi connectivity index (χ1n) is 9.71. The summed E-state index contributed by atoms with van der Waals surface area (Å²) < 4.78 is 17.7. The first-order chi connectivity index (χ1) is 12.4. The predicted molar refractivity (Wildman–Crippen MR) is 115 cm³/mol. The van der Waals surface area contributed by atoms with E-state index < -0.39 is 21.7 Å². The van der Waals surface area contributed by atoms with Crippen LogP contribution in [-0.4, -0.2) is 40.2 Å². The molecular formula is C21H32O4Si2. The van der Waals surface area contributed by atoms with Crippen LogP contribution in [0.4, 0.5) is 0 Å². The highest BCUT2D eigenvalue weighted by Gasteiger charge is 2.36. The minimum Gasteiger partial charge on any atom is -0.497 e. The van der Waals surface area contributed by atoms with Crippen LogP contribution >= 0.6 is 0 Å². The van der Waals surface area contributed by atoms with Crippen LogP contribution in [0.25, 0.3) is 6.08 Å². The molecule has 0 fully saturated rings. The lowest BCUT2D eigenvalue weighted by Crippen LogP contribution is -2.43. The maximum atomic E-state index is 12.3. The number of ether oxygens (including phenoxy) is 3. The Morgan fingerprint density at radius 3 is 1.93 bits per heavy atom. The average Bonchev–Trinajstić information content (AvgIpc) is 2.49. The van der Waals surface area contributed by atoms with Crippen molar-refractivity contribution in [3.05, 3.63) is 28.8 Å². The Kier molecular flexibility index (Phi) is 5.10. The number of rotatable bonds is 2. The Balaban J connectivity index is 2.05. The second-order valence-corrected chi connectivity index (χ2v) is 20.3. The van der Waals surface area contributed by atoms with Crippen LogP contribution in [0.1, 0.15) is 37.5 Å². The maximum absolute atomic E-state index is 12.3. The molecule has 0 aromatic heterocycles. The molecule has 2 aliphatic heterocycles. The second-order valence-electron chi connectivity index (χ2n) is 10.4. The summed E-state index contributed by atoms with van der Waals surface area (Å²) >= 11 is 0. The Bertz CT molecular complexity index is 744. The Morgan fingerprint density at radius 2 is 1.48 bits per heavy atom. The molecule has 2 heterocycles. The molecule has 0 N–H and O–H groups in total. The van der Waals surface area contributed by atoms with Crippen LogP contribution in [0.3, 0.4) is 0 Å². The van der Waals surface area contributed by atoms with Gasteiger partial charge >= 0.3 is 5.97 Å². The van der Waals surface area contributed by atoms with Gasteiger partial charge in [0.1, 0.15) is 17.1 Å². The smallest absolute Gasteiger partial charge is 0.331 e. The number of fused-ring (bicyclic) bond motifs is 2. The third-order valence-electron chi connectivity index (χ3n) is 4.85. The standard InChI is InChI=1S/C21H32O4Si2/c1-21(2,3)25-20(22)9-8-15-16-11-26(4,5)13-23-18(16)10-19-17(15)12-27(6,7)14-24-19/h8-10H,11-14H2,1-7H3/b9-8+. The lowest BCUT2D eigenvalue weighted by Gasteiger charge is -2.36. The lowest BCUT2D eigenvalue weighted by molar-refractivity contribution is -0.148. The van der Waals surface area contributed by atoms with E-state index in [2.05, 4.69) is 32.3 Å². The van der Waals surface area contributed by atoms with E-state index in [1.54, 1.807) is 6.08 Å². The van der Waals surface area contributed by atoms with Gasteiger partial charge in [0, 0.05) is 12.1 Å². The fourth-order valence-corrected chi connectivity index (χ4v) is 7.60. The topological polar surface area (TPSA) is 44.8 Å². The van der Waals surface area contributed by atoms with Crippen molar-refractivity contribution in [1.29, 1.82) is 0 Å². The Labute approximate surface area is 164 Å². The van der Waals surface area contributed by atoms with E-state index in [4.69, 9.17) is 14.2 Å². The van der Waals surface area contributed by atoms with Gasteiger partial charge in [-0.25, -0.2) is 4.79 Å². The van der Waals surface area contributed by atoms with E-state index in [1.807, 2.05) is 26.8 Å². The van der Waals surface area contributed by atoms with Gasteiger partial charge in [0.25, 0.3) is 0 Å². The molecule has 148 valence electrons. The molecule has 0 atom stereocenters. The number of carbonyl (C=O) groups excluding carboxylic acids is 1. The van der Waals surface area contributed by atoms with Gasteiger partial charge in [0.2, 0.25) is 0 Å². The summed E-state index contributed by atoms with van der Waals surface area (Å²) in [6.45, 7) is 15.1. The van der Waals surface area contributed by atoms with E-state index in [0.717, 1.165) is 41.6 Å². The monoisotopic (exact) mass is 404 g/mol. The van der Waals surface area contributed by atoms with E-state index in [9.17, 15) is 4.79 Å².